The fourth-order valence-corrected chi connectivity index (χ4v) is 2.59. The Bertz CT molecular complexity index is 406. The van der Waals surface area contributed by atoms with Crippen molar-refractivity contribution in [3.63, 3.8) is 0 Å². The molecule has 0 spiro atoms. The summed E-state index contributed by atoms with van der Waals surface area (Å²) in [6.07, 6.45) is 1.53. The van der Waals surface area contributed by atoms with E-state index in [9.17, 15) is 8.78 Å². The second-order valence-electron chi connectivity index (χ2n) is 4.07. The summed E-state index contributed by atoms with van der Waals surface area (Å²) in [6.45, 7) is 1.95. The largest absolute Gasteiger partial charge is 0.324 e. The van der Waals surface area contributed by atoms with Gasteiger partial charge in [0, 0.05) is 16.6 Å². The Morgan fingerprint density at radius 1 is 1.33 bits per heavy atom. The summed E-state index contributed by atoms with van der Waals surface area (Å²) in [5.41, 5.74) is 6.72. The number of hydrogen-bond acceptors (Lipinski definition) is 1. The van der Waals surface area contributed by atoms with Crippen LogP contribution in [-0.4, -0.2) is 0 Å². The third-order valence-electron chi connectivity index (χ3n) is 3.02. The Morgan fingerprint density at radius 2 is 2.00 bits per heavy atom. The van der Waals surface area contributed by atoms with E-state index in [0.29, 0.717) is 12.0 Å². The Balaban J connectivity index is 2.71. The van der Waals surface area contributed by atoms with Crippen LogP contribution >= 0.6 is 11.6 Å². The van der Waals surface area contributed by atoms with E-state index >= 15 is 0 Å². The number of nitrogens with two attached hydrogens (primary N) is 1. The minimum Gasteiger partial charge on any atom is -0.324 e. The summed E-state index contributed by atoms with van der Waals surface area (Å²) >= 11 is 5.92. The highest BCUT2D eigenvalue weighted by molar-refractivity contribution is 6.31. The molecule has 0 radical (unpaired) electrons. The van der Waals surface area contributed by atoms with Gasteiger partial charge in [-0.2, -0.15) is 0 Å². The van der Waals surface area contributed by atoms with Gasteiger partial charge in [0.05, 0.1) is 0 Å². The van der Waals surface area contributed by atoms with Gasteiger partial charge in [0.15, 0.2) is 11.6 Å². The first-order valence-electron chi connectivity index (χ1n) is 4.95. The van der Waals surface area contributed by atoms with Gasteiger partial charge < -0.3 is 5.73 Å². The number of rotatable bonds is 0. The van der Waals surface area contributed by atoms with Crippen LogP contribution in [0.2, 0.25) is 5.02 Å². The maximum atomic E-state index is 13.6. The molecule has 1 aliphatic carbocycles. The van der Waals surface area contributed by atoms with Crippen LogP contribution in [0, 0.1) is 11.6 Å². The molecular formula is C11H12ClF2N. The van der Waals surface area contributed by atoms with Crippen molar-refractivity contribution < 1.29 is 8.78 Å². The van der Waals surface area contributed by atoms with Crippen molar-refractivity contribution in [2.24, 2.45) is 5.73 Å². The van der Waals surface area contributed by atoms with Crippen molar-refractivity contribution in [2.75, 3.05) is 0 Å². The molecule has 0 heterocycles. The van der Waals surface area contributed by atoms with Crippen LogP contribution in [0.25, 0.3) is 0 Å². The lowest BCUT2D eigenvalue weighted by molar-refractivity contribution is 0.447. The normalized spacial score (nSPS) is 25.1. The van der Waals surface area contributed by atoms with Crippen LogP contribution in [0.5, 0.6) is 0 Å². The zero-order chi connectivity index (χ0) is 11.2. The van der Waals surface area contributed by atoms with Crippen molar-refractivity contribution in [3.8, 4) is 0 Å². The van der Waals surface area contributed by atoms with Gasteiger partial charge >= 0.3 is 0 Å². The summed E-state index contributed by atoms with van der Waals surface area (Å²) < 4.78 is 26.7. The molecule has 82 valence electrons. The smallest absolute Gasteiger partial charge is 0.163 e. The second-order valence-corrected chi connectivity index (χ2v) is 4.47. The topological polar surface area (TPSA) is 26.0 Å². The van der Waals surface area contributed by atoms with Gasteiger partial charge in [-0.25, -0.2) is 8.78 Å². The van der Waals surface area contributed by atoms with Crippen molar-refractivity contribution in [3.05, 3.63) is 33.9 Å². The Kier molecular flexibility index (Phi) is 2.69. The van der Waals surface area contributed by atoms with Gasteiger partial charge in [-0.3, -0.25) is 0 Å². The Labute approximate surface area is 92.2 Å². The van der Waals surface area contributed by atoms with E-state index in [-0.39, 0.29) is 16.5 Å². The standard InChI is InChI=1S/C11H12ClF2N/c1-5-2-3-8(15)10-9(5)6(12)4-7(13)11(10)14/h4-5,8H,2-3,15H2,1H3/t5?,8-/m1/s1. The SMILES string of the molecule is CC1CC[C@@H](N)c2c(F)c(F)cc(Cl)c21. The van der Waals surface area contributed by atoms with Crippen LogP contribution in [0.1, 0.15) is 42.9 Å². The highest BCUT2D eigenvalue weighted by atomic mass is 35.5. The van der Waals surface area contributed by atoms with Gasteiger partial charge in [-0.1, -0.05) is 18.5 Å². The summed E-state index contributed by atoms with van der Waals surface area (Å²) in [5, 5.41) is 0.284. The molecule has 1 nitrogen and oxygen atoms in total. The van der Waals surface area contributed by atoms with Crippen molar-refractivity contribution in [1.29, 1.82) is 0 Å². The lowest BCUT2D eigenvalue weighted by Crippen LogP contribution is -2.22. The fraction of sp³-hybridized carbons (Fsp3) is 0.455. The molecule has 15 heavy (non-hydrogen) atoms. The van der Waals surface area contributed by atoms with Crippen LogP contribution < -0.4 is 5.73 Å². The molecule has 0 aromatic heterocycles. The molecule has 0 aliphatic heterocycles. The molecule has 1 aromatic carbocycles. The summed E-state index contributed by atoms with van der Waals surface area (Å²) in [5.74, 6) is -1.61. The molecule has 0 fully saturated rings. The maximum absolute atomic E-state index is 13.6. The van der Waals surface area contributed by atoms with Crippen molar-refractivity contribution in [1.82, 2.24) is 0 Å². The van der Waals surface area contributed by atoms with Gasteiger partial charge in [0.1, 0.15) is 0 Å². The van der Waals surface area contributed by atoms with E-state index < -0.39 is 17.7 Å². The van der Waals surface area contributed by atoms with Crippen LogP contribution in [-0.2, 0) is 0 Å². The van der Waals surface area contributed by atoms with Crippen molar-refractivity contribution >= 4 is 11.6 Å². The molecule has 2 rings (SSSR count). The third kappa shape index (κ3) is 1.64. The molecule has 1 aromatic rings. The molecular weight excluding hydrogens is 220 g/mol. The molecule has 2 atom stereocenters. The lowest BCUT2D eigenvalue weighted by atomic mass is 9.81. The summed E-state index contributed by atoms with van der Waals surface area (Å²) in [4.78, 5) is 0. The summed E-state index contributed by atoms with van der Waals surface area (Å²) in [7, 11) is 0. The van der Waals surface area contributed by atoms with Gasteiger partial charge in [-0.15, -0.1) is 0 Å². The average Bonchev–Trinajstić information content (AvgIpc) is 2.18. The molecule has 4 heteroatoms. The Morgan fingerprint density at radius 3 is 2.67 bits per heavy atom. The molecule has 1 aliphatic rings. The molecule has 0 saturated carbocycles. The minimum atomic E-state index is -0.914. The number of hydrogen-bond donors (Lipinski definition) is 1. The lowest BCUT2D eigenvalue weighted by Gasteiger charge is -2.28. The number of halogens is 3. The van der Waals surface area contributed by atoms with E-state index in [1.807, 2.05) is 6.92 Å². The number of fused-ring (bicyclic) bond motifs is 1. The van der Waals surface area contributed by atoms with Crippen molar-refractivity contribution in [2.45, 2.75) is 31.7 Å². The fourth-order valence-electron chi connectivity index (χ4n) is 2.21. The predicted octanol–water partition coefficient (Wildman–Crippen LogP) is 3.52. The monoisotopic (exact) mass is 231 g/mol. The first kappa shape index (κ1) is 10.8. The average molecular weight is 232 g/mol. The molecule has 1 unspecified atom stereocenters. The molecule has 2 N–H and O–H groups in total. The van der Waals surface area contributed by atoms with E-state index in [1.165, 1.54) is 0 Å². The number of benzene rings is 1. The van der Waals surface area contributed by atoms with E-state index in [2.05, 4.69) is 0 Å². The molecule has 0 amide bonds. The maximum Gasteiger partial charge on any atom is 0.163 e. The van der Waals surface area contributed by atoms with Gasteiger partial charge in [0.2, 0.25) is 0 Å². The van der Waals surface area contributed by atoms with Gasteiger partial charge in [0.25, 0.3) is 0 Å². The van der Waals surface area contributed by atoms with E-state index in [1.54, 1.807) is 0 Å². The van der Waals surface area contributed by atoms with E-state index in [4.69, 9.17) is 17.3 Å². The second kappa shape index (κ2) is 3.72. The highest BCUT2D eigenvalue weighted by Crippen LogP contribution is 2.41. The first-order chi connectivity index (χ1) is 7.02. The molecule has 0 saturated heterocycles. The zero-order valence-corrected chi connectivity index (χ0v) is 9.11. The van der Waals surface area contributed by atoms with Crippen LogP contribution in [0.3, 0.4) is 0 Å². The van der Waals surface area contributed by atoms with E-state index in [0.717, 1.165) is 12.5 Å². The minimum absolute atomic E-state index is 0.141. The molecule has 0 bridgehead atoms. The van der Waals surface area contributed by atoms with Crippen LogP contribution in [0.15, 0.2) is 6.07 Å². The zero-order valence-electron chi connectivity index (χ0n) is 8.36. The highest BCUT2D eigenvalue weighted by Gasteiger charge is 2.29. The summed E-state index contributed by atoms with van der Waals surface area (Å²) in [6, 6.07) is 0.592. The predicted molar refractivity (Wildman–Crippen MR) is 55.9 cm³/mol. The van der Waals surface area contributed by atoms with Crippen LogP contribution in [0.4, 0.5) is 8.78 Å². The van der Waals surface area contributed by atoms with Gasteiger partial charge in [-0.05, 0) is 30.4 Å². The quantitative estimate of drug-likeness (QED) is 0.680. The first-order valence-corrected chi connectivity index (χ1v) is 5.33. The third-order valence-corrected chi connectivity index (χ3v) is 3.33. The Hall–Kier alpha value is -0.670.